The van der Waals surface area contributed by atoms with Crippen molar-refractivity contribution in [1.29, 1.82) is 0 Å². The molecule has 3 heterocycles. The van der Waals surface area contributed by atoms with Gasteiger partial charge in [-0.25, -0.2) is 0 Å². The van der Waals surface area contributed by atoms with Crippen LogP contribution in [0.4, 0.5) is 0 Å². The molecule has 0 saturated carbocycles. The molecule has 0 saturated heterocycles. The Balaban J connectivity index is 1.44. The van der Waals surface area contributed by atoms with Gasteiger partial charge in [0.05, 0.1) is 18.6 Å². The molecular weight excluding hydrogens is 398 g/mol. The molecule has 0 aliphatic carbocycles. The lowest BCUT2D eigenvalue weighted by atomic mass is 10.1. The monoisotopic (exact) mass is 421 g/mol. The molecule has 154 valence electrons. The number of ketones is 1. The van der Waals surface area contributed by atoms with Gasteiger partial charge in [-0.2, -0.15) is 0 Å². The predicted octanol–water partition coefficient (Wildman–Crippen LogP) is 5.39. The molecule has 0 bridgehead atoms. The van der Waals surface area contributed by atoms with Crippen molar-refractivity contribution < 1.29 is 13.6 Å². The number of nitrogens with zero attached hydrogens (tertiary/aromatic N) is 3. The molecule has 7 heteroatoms. The number of hydrogen-bond donors (Lipinski definition) is 0. The summed E-state index contributed by atoms with van der Waals surface area (Å²) in [5.74, 6) is 1.59. The van der Waals surface area contributed by atoms with Gasteiger partial charge in [0.25, 0.3) is 5.22 Å². The fourth-order valence-electron chi connectivity index (χ4n) is 3.35. The highest BCUT2D eigenvalue weighted by Gasteiger charge is 2.18. The van der Waals surface area contributed by atoms with Crippen LogP contribution in [0.15, 0.2) is 56.7 Å². The minimum Gasteiger partial charge on any atom is -0.467 e. The molecule has 0 amide bonds. The highest BCUT2D eigenvalue weighted by molar-refractivity contribution is 7.99. The number of rotatable bonds is 7. The summed E-state index contributed by atoms with van der Waals surface area (Å²) in [6.45, 7) is 8.66. The van der Waals surface area contributed by atoms with Gasteiger partial charge in [0.2, 0.25) is 5.89 Å². The summed E-state index contributed by atoms with van der Waals surface area (Å²) >= 11 is 1.26. The number of carbonyl (C=O) groups excluding carboxylic acids is 1. The minimum absolute atomic E-state index is 0.0322. The average molecular weight is 422 g/mol. The fraction of sp³-hybridized carbons (Fsp3) is 0.261. The molecule has 0 fully saturated rings. The van der Waals surface area contributed by atoms with Gasteiger partial charge in [-0.15, -0.1) is 10.2 Å². The Bertz CT molecular complexity index is 1190. The van der Waals surface area contributed by atoms with Crippen molar-refractivity contribution in [2.45, 2.75) is 39.5 Å². The Morgan fingerprint density at radius 3 is 2.63 bits per heavy atom. The van der Waals surface area contributed by atoms with Crippen LogP contribution in [0.3, 0.4) is 0 Å². The minimum atomic E-state index is 0.0322. The van der Waals surface area contributed by atoms with E-state index in [-0.39, 0.29) is 11.5 Å². The Labute approximate surface area is 179 Å². The number of carbonyl (C=O) groups is 1. The van der Waals surface area contributed by atoms with E-state index in [9.17, 15) is 4.79 Å². The lowest BCUT2D eigenvalue weighted by Crippen LogP contribution is -2.07. The van der Waals surface area contributed by atoms with Gasteiger partial charge in [-0.05, 0) is 69.2 Å². The van der Waals surface area contributed by atoms with Gasteiger partial charge in [0, 0.05) is 22.5 Å². The molecule has 0 unspecified atom stereocenters. The summed E-state index contributed by atoms with van der Waals surface area (Å²) in [4.78, 5) is 12.8. The quantitative estimate of drug-likeness (QED) is 0.294. The second-order valence-corrected chi connectivity index (χ2v) is 8.26. The maximum Gasteiger partial charge on any atom is 0.277 e. The second-order valence-electron chi connectivity index (χ2n) is 7.33. The van der Waals surface area contributed by atoms with E-state index in [1.54, 1.807) is 6.26 Å². The normalized spacial score (nSPS) is 11.2. The molecule has 0 N–H and O–H groups in total. The van der Waals surface area contributed by atoms with Gasteiger partial charge >= 0.3 is 0 Å². The van der Waals surface area contributed by atoms with E-state index in [0.29, 0.717) is 23.2 Å². The highest BCUT2D eigenvalue weighted by Crippen LogP contribution is 2.26. The summed E-state index contributed by atoms with van der Waals surface area (Å²) in [5, 5.41) is 8.59. The van der Waals surface area contributed by atoms with Gasteiger partial charge in [0.1, 0.15) is 5.76 Å². The van der Waals surface area contributed by atoms with Crippen LogP contribution < -0.4 is 0 Å². The molecule has 0 radical (unpaired) electrons. The molecule has 4 rings (SSSR count). The van der Waals surface area contributed by atoms with Crippen LogP contribution in [0.1, 0.15) is 38.6 Å². The Hall–Kier alpha value is -3.06. The summed E-state index contributed by atoms with van der Waals surface area (Å²) < 4.78 is 13.3. The topological polar surface area (TPSA) is 74.1 Å². The zero-order chi connectivity index (χ0) is 21.3. The molecule has 3 aromatic heterocycles. The van der Waals surface area contributed by atoms with Crippen LogP contribution in [0.5, 0.6) is 0 Å². The second kappa shape index (κ2) is 8.36. The predicted molar refractivity (Wildman–Crippen MR) is 116 cm³/mol. The summed E-state index contributed by atoms with van der Waals surface area (Å²) in [6, 6.07) is 11.7. The number of thioether (sulfide) groups is 1. The third kappa shape index (κ3) is 4.11. The Morgan fingerprint density at radius 2 is 1.90 bits per heavy atom. The maximum atomic E-state index is 12.8. The van der Waals surface area contributed by atoms with Crippen molar-refractivity contribution >= 4 is 17.5 Å². The first-order valence-corrected chi connectivity index (χ1v) is 10.7. The van der Waals surface area contributed by atoms with Gasteiger partial charge in [-0.1, -0.05) is 17.8 Å². The lowest BCUT2D eigenvalue weighted by molar-refractivity contribution is 0.102. The van der Waals surface area contributed by atoms with Crippen molar-refractivity contribution in [3.8, 4) is 11.5 Å². The number of benzene rings is 1. The summed E-state index contributed by atoms with van der Waals surface area (Å²) in [6.07, 6.45) is 1.66. The van der Waals surface area contributed by atoms with E-state index in [1.807, 2.05) is 57.2 Å². The first kappa shape index (κ1) is 20.2. The van der Waals surface area contributed by atoms with Crippen molar-refractivity contribution in [3.63, 3.8) is 0 Å². The first-order valence-electron chi connectivity index (χ1n) is 9.68. The molecule has 0 atom stereocenters. The van der Waals surface area contributed by atoms with E-state index in [0.717, 1.165) is 22.7 Å². The summed E-state index contributed by atoms with van der Waals surface area (Å²) in [7, 11) is 0. The smallest absolute Gasteiger partial charge is 0.277 e. The highest BCUT2D eigenvalue weighted by atomic mass is 32.2. The van der Waals surface area contributed by atoms with Crippen LogP contribution in [0.2, 0.25) is 0 Å². The molecule has 30 heavy (non-hydrogen) atoms. The van der Waals surface area contributed by atoms with E-state index >= 15 is 0 Å². The van der Waals surface area contributed by atoms with Crippen molar-refractivity contribution in [1.82, 2.24) is 14.8 Å². The number of hydrogen-bond acceptors (Lipinski definition) is 6. The van der Waals surface area contributed by atoms with Crippen LogP contribution in [-0.4, -0.2) is 26.3 Å². The average Bonchev–Trinajstić information content (AvgIpc) is 3.46. The molecule has 4 aromatic rings. The number of aromatic nitrogens is 3. The summed E-state index contributed by atoms with van der Waals surface area (Å²) in [5.41, 5.74) is 5.91. The molecule has 0 spiro atoms. The van der Waals surface area contributed by atoms with Gasteiger partial charge in [0.15, 0.2) is 5.78 Å². The van der Waals surface area contributed by atoms with Crippen molar-refractivity contribution in [2.75, 3.05) is 5.75 Å². The van der Waals surface area contributed by atoms with Crippen molar-refractivity contribution in [2.24, 2.45) is 0 Å². The van der Waals surface area contributed by atoms with E-state index in [2.05, 4.69) is 21.7 Å². The zero-order valence-corrected chi connectivity index (χ0v) is 18.2. The Kier molecular flexibility index (Phi) is 5.63. The van der Waals surface area contributed by atoms with Crippen LogP contribution in [0.25, 0.3) is 11.5 Å². The number of furan rings is 1. The molecule has 1 aromatic carbocycles. The lowest BCUT2D eigenvalue weighted by Gasteiger charge is -2.07. The van der Waals surface area contributed by atoms with Gasteiger partial charge < -0.3 is 13.4 Å². The largest absolute Gasteiger partial charge is 0.467 e. The third-order valence-electron chi connectivity index (χ3n) is 5.26. The molecule has 0 aliphatic heterocycles. The van der Waals surface area contributed by atoms with Crippen molar-refractivity contribution in [3.05, 3.63) is 76.5 Å². The molecule has 0 aliphatic rings. The number of Topliss-reactive ketones (excluding diaryl/α,β-unsaturated/α-hetero) is 1. The molecule has 6 nitrogen and oxygen atoms in total. The van der Waals surface area contributed by atoms with E-state index in [1.165, 1.54) is 22.9 Å². The van der Waals surface area contributed by atoms with E-state index in [4.69, 9.17) is 8.83 Å². The SMILES string of the molecule is Cc1ccc(-c2nnc(SCC(=O)c3cc(C)n(Cc4ccco4)c3C)o2)cc1C. The first-order chi connectivity index (χ1) is 14.4. The maximum absolute atomic E-state index is 12.8. The van der Waals surface area contributed by atoms with Crippen LogP contribution in [-0.2, 0) is 6.54 Å². The molecular formula is C23H23N3O3S. The number of aryl methyl sites for hydroxylation is 3. The van der Waals surface area contributed by atoms with Crippen LogP contribution >= 0.6 is 11.8 Å². The standard InChI is InChI=1S/C23H23N3O3S/c1-14-7-8-18(10-15(14)2)22-24-25-23(29-22)30-13-21(27)20-11-16(3)26(17(20)4)12-19-6-5-9-28-19/h5-11H,12-13H2,1-4H3. The third-order valence-corrected chi connectivity index (χ3v) is 6.07. The fourth-order valence-corrected chi connectivity index (χ4v) is 4.00. The van der Waals surface area contributed by atoms with Crippen LogP contribution in [0, 0.1) is 27.7 Å². The van der Waals surface area contributed by atoms with Gasteiger partial charge in [-0.3, -0.25) is 4.79 Å². The Morgan fingerprint density at radius 1 is 1.07 bits per heavy atom. The zero-order valence-electron chi connectivity index (χ0n) is 17.4. The van der Waals surface area contributed by atoms with E-state index < -0.39 is 0 Å².